The molecule has 6 nitrogen and oxygen atoms in total. The summed E-state index contributed by atoms with van der Waals surface area (Å²) < 4.78 is 16.2. The van der Waals surface area contributed by atoms with Crippen LogP contribution in [0.15, 0.2) is 65.1 Å². The second kappa shape index (κ2) is 7.91. The molecule has 0 bridgehead atoms. The van der Waals surface area contributed by atoms with Crippen molar-refractivity contribution in [1.82, 2.24) is 0 Å². The van der Waals surface area contributed by atoms with E-state index in [9.17, 15) is 9.59 Å². The van der Waals surface area contributed by atoms with Crippen LogP contribution in [0.4, 0.5) is 5.69 Å². The van der Waals surface area contributed by atoms with Gasteiger partial charge in [0, 0.05) is 22.0 Å². The first-order chi connectivity index (χ1) is 14.5. The highest BCUT2D eigenvalue weighted by Gasteiger charge is 2.24. The van der Waals surface area contributed by atoms with Crippen LogP contribution in [0.25, 0.3) is 21.7 Å². The number of ether oxygens (including phenoxy) is 2. The summed E-state index contributed by atoms with van der Waals surface area (Å²) in [6.45, 7) is 3.29. The van der Waals surface area contributed by atoms with Crippen molar-refractivity contribution in [1.29, 1.82) is 0 Å². The smallest absolute Gasteiger partial charge is 0.375 e. The van der Waals surface area contributed by atoms with E-state index in [1.54, 1.807) is 32.2 Å². The largest absolute Gasteiger partial charge is 0.497 e. The van der Waals surface area contributed by atoms with E-state index in [4.69, 9.17) is 13.9 Å². The third kappa shape index (κ3) is 3.59. The molecule has 0 aliphatic rings. The van der Waals surface area contributed by atoms with Gasteiger partial charge in [0.15, 0.2) is 6.10 Å². The molecule has 152 valence electrons. The van der Waals surface area contributed by atoms with Crippen molar-refractivity contribution in [3.05, 3.63) is 72.0 Å². The topological polar surface area (TPSA) is 77.8 Å². The summed E-state index contributed by atoms with van der Waals surface area (Å²) in [6, 6.07) is 18.6. The molecule has 0 spiro atoms. The molecule has 1 N–H and O–H groups in total. The third-order valence-corrected chi connectivity index (χ3v) is 5.03. The Morgan fingerprint density at radius 2 is 1.77 bits per heavy atom. The number of nitrogens with one attached hydrogen (secondary N) is 1. The van der Waals surface area contributed by atoms with Gasteiger partial charge in [-0.2, -0.15) is 0 Å². The Bertz CT molecular complexity index is 1250. The Labute approximate surface area is 173 Å². The van der Waals surface area contributed by atoms with Crippen molar-refractivity contribution in [3.63, 3.8) is 0 Å². The maximum atomic E-state index is 12.6. The minimum atomic E-state index is -1.00. The molecule has 1 aromatic heterocycles. The summed E-state index contributed by atoms with van der Waals surface area (Å²) >= 11 is 0. The highest BCUT2D eigenvalue weighted by Crippen LogP contribution is 2.29. The minimum absolute atomic E-state index is 0.0723. The number of anilines is 1. The van der Waals surface area contributed by atoms with E-state index in [-0.39, 0.29) is 5.76 Å². The first kappa shape index (κ1) is 19.5. The van der Waals surface area contributed by atoms with Crippen LogP contribution < -0.4 is 10.1 Å². The van der Waals surface area contributed by atoms with Gasteiger partial charge < -0.3 is 19.2 Å². The molecule has 30 heavy (non-hydrogen) atoms. The average molecular weight is 403 g/mol. The summed E-state index contributed by atoms with van der Waals surface area (Å²) in [6.07, 6.45) is -1.00. The molecular weight excluding hydrogens is 382 g/mol. The molecule has 0 fully saturated rings. The standard InChI is InChI=1S/C24H21NO5/c1-14-19-13-17(28-3)11-12-21(19)30-22(14)24(27)29-15(2)23(26)25-20-10-6-8-16-7-4-5-9-18(16)20/h4-13,15H,1-3H3,(H,25,26)/t15-/m1/s1. The zero-order valence-electron chi connectivity index (χ0n) is 16.9. The number of benzene rings is 3. The van der Waals surface area contributed by atoms with Gasteiger partial charge in [-0.3, -0.25) is 4.79 Å². The van der Waals surface area contributed by atoms with Gasteiger partial charge in [-0.05, 0) is 43.5 Å². The van der Waals surface area contributed by atoms with Crippen LogP contribution in [-0.2, 0) is 9.53 Å². The molecule has 0 aliphatic carbocycles. The minimum Gasteiger partial charge on any atom is -0.497 e. The summed E-state index contributed by atoms with van der Waals surface area (Å²) in [5.74, 6) is -0.379. The highest BCUT2D eigenvalue weighted by molar-refractivity contribution is 6.04. The van der Waals surface area contributed by atoms with E-state index >= 15 is 0 Å². The van der Waals surface area contributed by atoms with Gasteiger partial charge in [0.05, 0.1) is 7.11 Å². The fourth-order valence-corrected chi connectivity index (χ4v) is 3.36. The lowest BCUT2D eigenvalue weighted by Gasteiger charge is -2.14. The van der Waals surface area contributed by atoms with Gasteiger partial charge in [0.1, 0.15) is 11.3 Å². The number of esters is 1. The van der Waals surface area contributed by atoms with Crippen LogP contribution >= 0.6 is 0 Å². The maximum absolute atomic E-state index is 12.6. The molecule has 4 aromatic rings. The molecule has 1 heterocycles. The number of rotatable bonds is 5. The normalized spacial score (nSPS) is 12.0. The molecule has 6 heteroatoms. The van der Waals surface area contributed by atoms with Gasteiger partial charge in [-0.25, -0.2) is 4.79 Å². The Morgan fingerprint density at radius 1 is 1.00 bits per heavy atom. The van der Waals surface area contributed by atoms with Crippen molar-refractivity contribution in [2.45, 2.75) is 20.0 Å². The zero-order valence-corrected chi connectivity index (χ0v) is 16.9. The summed E-state index contributed by atoms with van der Waals surface area (Å²) in [4.78, 5) is 25.3. The van der Waals surface area contributed by atoms with Crippen LogP contribution in [0.2, 0.25) is 0 Å². The van der Waals surface area contributed by atoms with Crippen molar-refractivity contribution >= 4 is 39.3 Å². The first-order valence-corrected chi connectivity index (χ1v) is 9.54. The van der Waals surface area contributed by atoms with Crippen LogP contribution in [0.3, 0.4) is 0 Å². The molecule has 0 aliphatic heterocycles. The molecule has 0 saturated carbocycles. The number of amides is 1. The predicted octanol–water partition coefficient (Wildman–Crippen LogP) is 5.09. The van der Waals surface area contributed by atoms with E-state index in [2.05, 4.69) is 5.32 Å². The van der Waals surface area contributed by atoms with E-state index in [0.29, 0.717) is 22.6 Å². The van der Waals surface area contributed by atoms with Crippen LogP contribution in [0.5, 0.6) is 5.75 Å². The molecule has 3 aromatic carbocycles. The first-order valence-electron chi connectivity index (χ1n) is 9.54. The van der Waals surface area contributed by atoms with Crippen LogP contribution in [-0.4, -0.2) is 25.1 Å². The highest BCUT2D eigenvalue weighted by atomic mass is 16.6. The quantitative estimate of drug-likeness (QED) is 0.470. The molecule has 1 amide bonds. The Morgan fingerprint density at radius 3 is 2.57 bits per heavy atom. The van der Waals surface area contributed by atoms with E-state index in [1.807, 2.05) is 42.5 Å². The number of hydrogen-bond acceptors (Lipinski definition) is 5. The molecular formula is C24H21NO5. The van der Waals surface area contributed by atoms with E-state index in [0.717, 1.165) is 16.2 Å². The second-order valence-electron chi connectivity index (χ2n) is 6.98. The average Bonchev–Trinajstić information content (AvgIpc) is 3.09. The summed E-state index contributed by atoms with van der Waals surface area (Å²) in [5, 5.41) is 5.51. The Balaban J connectivity index is 1.51. The predicted molar refractivity (Wildman–Crippen MR) is 115 cm³/mol. The Kier molecular flexibility index (Phi) is 5.14. The van der Waals surface area contributed by atoms with Crippen molar-refractivity contribution in [2.24, 2.45) is 0 Å². The second-order valence-corrected chi connectivity index (χ2v) is 6.98. The summed E-state index contributed by atoms with van der Waals surface area (Å²) in [5.41, 5.74) is 1.84. The molecule has 0 radical (unpaired) electrons. The van der Waals surface area contributed by atoms with Crippen molar-refractivity contribution in [3.8, 4) is 5.75 Å². The lowest BCUT2D eigenvalue weighted by Crippen LogP contribution is -2.30. The fourth-order valence-electron chi connectivity index (χ4n) is 3.36. The SMILES string of the molecule is COc1ccc2oc(C(=O)O[C@H](C)C(=O)Nc3cccc4ccccc34)c(C)c2c1. The number of carbonyl (C=O) groups excluding carboxylic acids is 2. The number of fused-ring (bicyclic) bond motifs is 2. The van der Waals surface area contributed by atoms with Gasteiger partial charge in [-0.1, -0.05) is 36.4 Å². The lowest BCUT2D eigenvalue weighted by molar-refractivity contribution is -0.123. The fraction of sp³-hybridized carbons (Fsp3) is 0.167. The molecule has 1 atom stereocenters. The van der Waals surface area contributed by atoms with Crippen LogP contribution in [0.1, 0.15) is 23.0 Å². The van der Waals surface area contributed by atoms with Gasteiger partial charge in [0.25, 0.3) is 5.91 Å². The van der Waals surface area contributed by atoms with Gasteiger partial charge in [-0.15, -0.1) is 0 Å². The maximum Gasteiger partial charge on any atom is 0.375 e. The number of methoxy groups -OCH3 is 1. The van der Waals surface area contributed by atoms with E-state index < -0.39 is 18.0 Å². The third-order valence-electron chi connectivity index (χ3n) is 5.03. The van der Waals surface area contributed by atoms with E-state index in [1.165, 1.54) is 6.92 Å². The van der Waals surface area contributed by atoms with Gasteiger partial charge in [0.2, 0.25) is 5.76 Å². The Hall–Kier alpha value is -3.80. The number of carbonyl (C=O) groups is 2. The summed E-state index contributed by atoms with van der Waals surface area (Å²) in [7, 11) is 1.57. The van der Waals surface area contributed by atoms with Crippen molar-refractivity contribution in [2.75, 3.05) is 12.4 Å². The number of furan rings is 1. The number of hydrogen-bond donors (Lipinski definition) is 1. The molecule has 0 saturated heterocycles. The van der Waals surface area contributed by atoms with Crippen LogP contribution in [0, 0.1) is 6.92 Å². The molecule has 0 unspecified atom stereocenters. The monoisotopic (exact) mass is 403 g/mol. The van der Waals surface area contributed by atoms with Crippen molar-refractivity contribution < 1.29 is 23.5 Å². The number of aryl methyl sites for hydroxylation is 1. The lowest BCUT2D eigenvalue weighted by atomic mass is 10.1. The molecule has 4 rings (SSSR count). The zero-order chi connectivity index (χ0) is 21.3. The van der Waals surface area contributed by atoms with Gasteiger partial charge >= 0.3 is 5.97 Å².